The molecule has 0 saturated heterocycles. The SMILES string of the molecule is CCc1cccc(CC)c1-n1cncc1C#N. The molecule has 0 aliphatic carbocycles. The zero-order valence-electron chi connectivity index (χ0n) is 10.1. The van der Waals surface area contributed by atoms with Crippen molar-refractivity contribution in [3.63, 3.8) is 0 Å². The van der Waals surface area contributed by atoms with Gasteiger partial charge in [-0.25, -0.2) is 4.98 Å². The summed E-state index contributed by atoms with van der Waals surface area (Å²) >= 11 is 0. The van der Waals surface area contributed by atoms with Crippen LogP contribution in [-0.2, 0) is 12.8 Å². The Labute approximate surface area is 101 Å². The van der Waals surface area contributed by atoms with Gasteiger partial charge in [0.2, 0.25) is 0 Å². The lowest BCUT2D eigenvalue weighted by atomic mass is 10.0. The summed E-state index contributed by atoms with van der Waals surface area (Å²) in [6.45, 7) is 4.25. The van der Waals surface area contributed by atoms with Crippen LogP contribution in [0.2, 0.25) is 0 Å². The minimum absolute atomic E-state index is 0.584. The zero-order valence-corrected chi connectivity index (χ0v) is 10.1. The van der Waals surface area contributed by atoms with Crippen molar-refractivity contribution in [2.24, 2.45) is 0 Å². The number of nitriles is 1. The minimum atomic E-state index is 0.584. The average molecular weight is 225 g/mol. The molecule has 86 valence electrons. The Hall–Kier alpha value is -2.08. The van der Waals surface area contributed by atoms with Crippen LogP contribution < -0.4 is 0 Å². The second kappa shape index (κ2) is 4.84. The maximum atomic E-state index is 9.08. The van der Waals surface area contributed by atoms with E-state index in [2.05, 4.69) is 43.1 Å². The van der Waals surface area contributed by atoms with Crippen LogP contribution in [0.1, 0.15) is 30.7 Å². The zero-order chi connectivity index (χ0) is 12.3. The third-order valence-electron chi connectivity index (χ3n) is 2.96. The van der Waals surface area contributed by atoms with Gasteiger partial charge in [-0.2, -0.15) is 5.26 Å². The van der Waals surface area contributed by atoms with Crippen molar-refractivity contribution >= 4 is 0 Å². The molecule has 2 rings (SSSR count). The van der Waals surface area contributed by atoms with Gasteiger partial charge < -0.3 is 0 Å². The Bertz CT molecular complexity index is 539. The number of aromatic nitrogens is 2. The van der Waals surface area contributed by atoms with Gasteiger partial charge in [-0.15, -0.1) is 0 Å². The fraction of sp³-hybridized carbons (Fsp3) is 0.286. The fourth-order valence-electron chi connectivity index (χ4n) is 2.08. The summed E-state index contributed by atoms with van der Waals surface area (Å²) in [5.41, 5.74) is 4.20. The van der Waals surface area contributed by atoms with Crippen LogP contribution in [0.25, 0.3) is 5.69 Å². The van der Waals surface area contributed by atoms with Gasteiger partial charge in [0.05, 0.1) is 11.9 Å². The first-order chi connectivity index (χ1) is 8.31. The van der Waals surface area contributed by atoms with Gasteiger partial charge in [0.15, 0.2) is 0 Å². The van der Waals surface area contributed by atoms with Crippen LogP contribution in [0.5, 0.6) is 0 Å². The Kier molecular flexibility index (Phi) is 3.24. The Balaban J connectivity index is 2.69. The fourth-order valence-corrected chi connectivity index (χ4v) is 2.08. The van der Waals surface area contributed by atoms with Crippen molar-refractivity contribution in [2.45, 2.75) is 26.7 Å². The second-order valence-electron chi connectivity index (χ2n) is 3.89. The number of para-hydroxylation sites is 1. The molecular weight excluding hydrogens is 210 g/mol. The van der Waals surface area contributed by atoms with Crippen LogP contribution in [0.3, 0.4) is 0 Å². The van der Waals surface area contributed by atoms with Crippen molar-refractivity contribution in [1.82, 2.24) is 9.55 Å². The molecule has 0 radical (unpaired) electrons. The monoisotopic (exact) mass is 225 g/mol. The van der Waals surface area contributed by atoms with E-state index >= 15 is 0 Å². The van der Waals surface area contributed by atoms with E-state index in [1.54, 1.807) is 12.5 Å². The van der Waals surface area contributed by atoms with Gasteiger partial charge >= 0.3 is 0 Å². The van der Waals surface area contributed by atoms with Gasteiger partial charge in [-0.3, -0.25) is 4.57 Å². The predicted molar refractivity (Wildman–Crippen MR) is 67.0 cm³/mol. The summed E-state index contributed by atoms with van der Waals surface area (Å²) < 4.78 is 1.89. The highest BCUT2D eigenvalue weighted by Gasteiger charge is 2.11. The normalized spacial score (nSPS) is 10.2. The summed E-state index contributed by atoms with van der Waals surface area (Å²) in [6, 6.07) is 8.46. The molecule has 0 amide bonds. The van der Waals surface area contributed by atoms with E-state index in [1.165, 1.54) is 11.1 Å². The lowest BCUT2D eigenvalue weighted by Gasteiger charge is -2.14. The molecule has 0 unspecified atom stereocenters. The van der Waals surface area contributed by atoms with E-state index in [0.29, 0.717) is 5.69 Å². The first-order valence-corrected chi connectivity index (χ1v) is 5.85. The molecular formula is C14H15N3. The van der Waals surface area contributed by atoms with Crippen LogP contribution in [0.15, 0.2) is 30.7 Å². The van der Waals surface area contributed by atoms with Gasteiger partial charge in [0, 0.05) is 0 Å². The maximum Gasteiger partial charge on any atom is 0.144 e. The molecule has 0 aliphatic heterocycles. The summed E-state index contributed by atoms with van der Waals surface area (Å²) in [4.78, 5) is 4.06. The molecule has 17 heavy (non-hydrogen) atoms. The first kappa shape index (κ1) is 11.4. The smallest absolute Gasteiger partial charge is 0.144 e. The largest absolute Gasteiger partial charge is 0.290 e. The maximum absolute atomic E-state index is 9.08. The molecule has 0 bridgehead atoms. The number of benzene rings is 1. The Morgan fingerprint density at radius 2 is 1.88 bits per heavy atom. The summed E-state index contributed by atoms with van der Waals surface area (Å²) in [7, 11) is 0. The van der Waals surface area contributed by atoms with E-state index in [0.717, 1.165) is 18.5 Å². The molecule has 0 saturated carbocycles. The molecule has 0 spiro atoms. The molecule has 0 aliphatic rings. The van der Waals surface area contributed by atoms with Crippen LogP contribution >= 0.6 is 0 Å². The third-order valence-corrected chi connectivity index (χ3v) is 2.96. The Morgan fingerprint density at radius 1 is 1.24 bits per heavy atom. The number of imidazole rings is 1. The number of hydrogen-bond acceptors (Lipinski definition) is 2. The van der Waals surface area contributed by atoms with Crippen molar-refractivity contribution in [2.75, 3.05) is 0 Å². The van der Waals surface area contributed by atoms with Crippen molar-refractivity contribution < 1.29 is 0 Å². The summed E-state index contributed by atoms with van der Waals surface area (Å²) in [5.74, 6) is 0. The van der Waals surface area contributed by atoms with E-state index in [9.17, 15) is 0 Å². The summed E-state index contributed by atoms with van der Waals surface area (Å²) in [5, 5.41) is 9.08. The van der Waals surface area contributed by atoms with Crippen molar-refractivity contribution in [3.05, 3.63) is 47.5 Å². The minimum Gasteiger partial charge on any atom is -0.290 e. The quantitative estimate of drug-likeness (QED) is 0.806. The van der Waals surface area contributed by atoms with E-state index in [-0.39, 0.29) is 0 Å². The topological polar surface area (TPSA) is 41.6 Å². The molecule has 2 aromatic rings. The molecule has 3 nitrogen and oxygen atoms in total. The van der Waals surface area contributed by atoms with Crippen LogP contribution in [0, 0.1) is 11.3 Å². The summed E-state index contributed by atoms with van der Waals surface area (Å²) in [6.07, 6.45) is 5.22. The number of hydrogen-bond donors (Lipinski definition) is 0. The van der Waals surface area contributed by atoms with Gasteiger partial charge in [-0.1, -0.05) is 32.0 Å². The van der Waals surface area contributed by atoms with Crippen LogP contribution in [-0.4, -0.2) is 9.55 Å². The predicted octanol–water partition coefficient (Wildman–Crippen LogP) is 2.87. The van der Waals surface area contributed by atoms with Gasteiger partial charge in [-0.05, 0) is 24.0 Å². The average Bonchev–Trinajstić information content (AvgIpc) is 2.85. The highest BCUT2D eigenvalue weighted by molar-refractivity contribution is 5.50. The standard InChI is InChI=1S/C14H15N3/c1-3-11-6-5-7-12(4-2)14(11)17-10-16-9-13(17)8-15/h5-7,9-10H,3-4H2,1-2H3. The van der Waals surface area contributed by atoms with E-state index in [1.807, 2.05) is 4.57 Å². The lowest BCUT2D eigenvalue weighted by molar-refractivity contribution is 0.951. The number of aryl methyl sites for hydroxylation is 2. The van der Waals surface area contributed by atoms with E-state index in [4.69, 9.17) is 5.26 Å². The third kappa shape index (κ3) is 1.94. The molecule has 1 aromatic heterocycles. The van der Waals surface area contributed by atoms with Crippen LogP contribution in [0.4, 0.5) is 0 Å². The molecule has 1 heterocycles. The second-order valence-corrected chi connectivity index (χ2v) is 3.89. The van der Waals surface area contributed by atoms with Crippen molar-refractivity contribution in [1.29, 1.82) is 5.26 Å². The van der Waals surface area contributed by atoms with E-state index < -0.39 is 0 Å². The molecule has 1 aromatic carbocycles. The lowest BCUT2D eigenvalue weighted by Crippen LogP contribution is -2.04. The molecule has 0 fully saturated rings. The number of nitrogens with zero attached hydrogens (tertiary/aromatic N) is 3. The highest BCUT2D eigenvalue weighted by Crippen LogP contribution is 2.22. The molecule has 3 heteroatoms. The highest BCUT2D eigenvalue weighted by atomic mass is 15.1. The first-order valence-electron chi connectivity index (χ1n) is 5.85. The Morgan fingerprint density at radius 3 is 2.41 bits per heavy atom. The van der Waals surface area contributed by atoms with Crippen molar-refractivity contribution in [3.8, 4) is 11.8 Å². The molecule has 0 atom stereocenters. The number of rotatable bonds is 3. The van der Waals surface area contributed by atoms with Gasteiger partial charge in [0.25, 0.3) is 0 Å². The van der Waals surface area contributed by atoms with Gasteiger partial charge in [0.1, 0.15) is 18.1 Å². The molecule has 0 N–H and O–H groups in total.